The topological polar surface area (TPSA) is 118 Å². The van der Waals surface area contributed by atoms with Gasteiger partial charge < -0.3 is 24.4 Å². The van der Waals surface area contributed by atoms with Crippen LogP contribution in [0.4, 0.5) is 16.3 Å². The second-order valence-electron chi connectivity index (χ2n) is 9.20. The fraction of sp³-hybridized carbons (Fsp3) is 0.500. The van der Waals surface area contributed by atoms with Gasteiger partial charge in [-0.15, -0.1) is 0 Å². The summed E-state index contributed by atoms with van der Waals surface area (Å²) in [4.78, 5) is 26.1. The summed E-state index contributed by atoms with van der Waals surface area (Å²) < 4.78 is 12.8. The molecule has 2 aliphatic rings. The quantitative estimate of drug-likeness (QED) is 0.498. The van der Waals surface area contributed by atoms with E-state index in [1.54, 1.807) is 12.1 Å². The van der Waals surface area contributed by atoms with Crippen LogP contribution in [0.3, 0.4) is 0 Å². The number of anilines is 2. The summed E-state index contributed by atoms with van der Waals surface area (Å²) in [7, 11) is 4.08. The smallest absolute Gasteiger partial charge is 0.411 e. The second-order valence-corrected chi connectivity index (χ2v) is 9.20. The molecule has 2 bridgehead atoms. The normalized spacial score (nSPS) is 19.5. The van der Waals surface area contributed by atoms with Crippen LogP contribution < -0.4 is 10.2 Å². The third kappa shape index (κ3) is 5.21. The predicted molar refractivity (Wildman–Crippen MR) is 131 cm³/mol. The number of ether oxygens (including phenoxy) is 2. The van der Waals surface area contributed by atoms with Crippen LogP contribution in [0.2, 0.25) is 0 Å². The van der Waals surface area contributed by atoms with Gasteiger partial charge in [0.25, 0.3) is 0 Å². The molecule has 2 fully saturated rings. The molecule has 2 unspecified atom stereocenters. The molecular formula is C24H31N7O4. The fourth-order valence-corrected chi connectivity index (χ4v) is 4.55. The summed E-state index contributed by atoms with van der Waals surface area (Å²) in [6.07, 6.45) is 3.90. The number of rotatable bonds is 8. The third-order valence-electron chi connectivity index (χ3n) is 6.29. The molecule has 2 atom stereocenters. The Labute approximate surface area is 203 Å². The highest BCUT2D eigenvalue weighted by atomic mass is 16.6. The van der Waals surface area contributed by atoms with E-state index in [9.17, 15) is 4.79 Å². The monoisotopic (exact) mass is 481 g/mol. The minimum atomic E-state index is -0.613. The number of aliphatic hydroxyl groups excluding tert-OH is 1. The molecule has 2 aliphatic heterocycles. The highest BCUT2D eigenvalue weighted by molar-refractivity contribution is 5.89. The lowest BCUT2D eigenvalue weighted by atomic mass is 10.2. The Hall–Kier alpha value is -3.28. The van der Waals surface area contributed by atoms with Crippen molar-refractivity contribution in [2.45, 2.75) is 31.6 Å². The van der Waals surface area contributed by atoms with E-state index in [4.69, 9.17) is 24.5 Å². The van der Waals surface area contributed by atoms with Gasteiger partial charge in [-0.05, 0) is 51.2 Å². The molecule has 5 rings (SSSR count). The lowest BCUT2D eigenvalue weighted by Crippen LogP contribution is -2.43. The molecule has 186 valence electrons. The average Bonchev–Trinajstić information content (AvgIpc) is 3.43. The van der Waals surface area contributed by atoms with Crippen molar-refractivity contribution < 1.29 is 19.4 Å². The van der Waals surface area contributed by atoms with Crippen molar-refractivity contribution in [3.63, 3.8) is 0 Å². The molecule has 2 aromatic heterocycles. The number of morpholine rings is 1. The molecule has 0 spiro atoms. The van der Waals surface area contributed by atoms with Crippen LogP contribution in [-0.4, -0.2) is 95.0 Å². The summed E-state index contributed by atoms with van der Waals surface area (Å²) in [6, 6.07) is 7.30. The number of fused-ring (bicyclic) bond motifs is 3. The number of aromatic nitrogens is 4. The van der Waals surface area contributed by atoms with E-state index >= 15 is 0 Å². The molecule has 3 aromatic rings. The number of likely N-dealkylation sites (N-methyl/N-ethyl adjacent to an activating group) is 1. The first-order valence-electron chi connectivity index (χ1n) is 11.9. The zero-order chi connectivity index (χ0) is 24.4. The van der Waals surface area contributed by atoms with Gasteiger partial charge in [-0.25, -0.2) is 19.4 Å². The van der Waals surface area contributed by atoms with Crippen LogP contribution in [0.5, 0.6) is 0 Å². The summed E-state index contributed by atoms with van der Waals surface area (Å²) >= 11 is 0. The highest BCUT2D eigenvalue weighted by Gasteiger charge is 2.35. The summed E-state index contributed by atoms with van der Waals surface area (Å²) in [6.45, 7) is 2.92. The first kappa shape index (κ1) is 23.5. The standard InChI is InChI=1S/C24H31N7O4/c1-29(2)9-10-31-23-20(13-25-31)22(30-14-18-7-8-19(15-30)35-18)27-21(28-23)16-3-5-17(6-4-16)26-24(33)34-12-11-32/h3-6,13,18-19,32H,7-12,14-15H2,1-2H3,(H,26,33). The SMILES string of the molecule is CN(C)CCn1ncc2c(N3CC4CCC(C3)O4)nc(-c3ccc(NC(=O)OCCO)cc3)nc21. The van der Waals surface area contributed by atoms with Crippen molar-refractivity contribution in [1.29, 1.82) is 0 Å². The number of carbonyl (C=O) groups is 1. The molecule has 0 saturated carbocycles. The van der Waals surface area contributed by atoms with Gasteiger partial charge in [0.1, 0.15) is 12.4 Å². The Balaban J connectivity index is 1.47. The van der Waals surface area contributed by atoms with E-state index in [1.807, 2.05) is 37.1 Å². The van der Waals surface area contributed by atoms with Gasteiger partial charge in [0.05, 0.1) is 36.9 Å². The molecule has 11 heteroatoms. The van der Waals surface area contributed by atoms with Crippen LogP contribution in [0.1, 0.15) is 12.8 Å². The highest BCUT2D eigenvalue weighted by Crippen LogP contribution is 2.33. The lowest BCUT2D eigenvalue weighted by molar-refractivity contribution is 0.0303. The van der Waals surface area contributed by atoms with E-state index in [1.165, 1.54) is 0 Å². The van der Waals surface area contributed by atoms with Gasteiger partial charge >= 0.3 is 6.09 Å². The molecule has 0 radical (unpaired) electrons. The molecule has 1 amide bonds. The van der Waals surface area contributed by atoms with Gasteiger partial charge in [-0.1, -0.05) is 0 Å². The zero-order valence-corrected chi connectivity index (χ0v) is 20.1. The van der Waals surface area contributed by atoms with Crippen LogP contribution >= 0.6 is 0 Å². The van der Waals surface area contributed by atoms with E-state index in [2.05, 4.69) is 20.2 Å². The number of nitrogens with zero attached hydrogens (tertiary/aromatic N) is 6. The summed E-state index contributed by atoms with van der Waals surface area (Å²) in [5.74, 6) is 1.49. The Morgan fingerprint density at radius 1 is 1.20 bits per heavy atom. The number of nitrogens with one attached hydrogen (secondary N) is 1. The van der Waals surface area contributed by atoms with Gasteiger partial charge in [0.15, 0.2) is 11.5 Å². The van der Waals surface area contributed by atoms with Crippen molar-refractivity contribution in [1.82, 2.24) is 24.6 Å². The molecule has 4 heterocycles. The van der Waals surface area contributed by atoms with Crippen molar-refractivity contribution in [2.24, 2.45) is 0 Å². The van der Waals surface area contributed by atoms with Crippen molar-refractivity contribution in [3.8, 4) is 11.4 Å². The Morgan fingerprint density at radius 2 is 1.94 bits per heavy atom. The minimum absolute atomic E-state index is 0.0503. The van der Waals surface area contributed by atoms with E-state index < -0.39 is 6.09 Å². The van der Waals surface area contributed by atoms with Crippen LogP contribution in [-0.2, 0) is 16.0 Å². The lowest BCUT2D eigenvalue weighted by Gasteiger charge is -2.33. The van der Waals surface area contributed by atoms with E-state index in [0.717, 1.165) is 61.4 Å². The first-order chi connectivity index (χ1) is 17.0. The summed E-state index contributed by atoms with van der Waals surface area (Å²) in [5.41, 5.74) is 2.22. The van der Waals surface area contributed by atoms with Crippen LogP contribution in [0.15, 0.2) is 30.5 Å². The summed E-state index contributed by atoms with van der Waals surface area (Å²) in [5, 5.41) is 17.0. The fourth-order valence-electron chi connectivity index (χ4n) is 4.55. The molecule has 2 saturated heterocycles. The largest absolute Gasteiger partial charge is 0.447 e. The van der Waals surface area contributed by atoms with E-state index in [0.29, 0.717) is 11.5 Å². The van der Waals surface area contributed by atoms with Crippen molar-refractivity contribution in [2.75, 3.05) is 57.2 Å². The predicted octanol–water partition coefficient (Wildman–Crippen LogP) is 1.96. The van der Waals surface area contributed by atoms with Gasteiger partial charge in [-0.2, -0.15) is 5.10 Å². The Kier molecular flexibility index (Phi) is 6.80. The maximum atomic E-state index is 11.8. The van der Waals surface area contributed by atoms with Crippen LogP contribution in [0.25, 0.3) is 22.4 Å². The van der Waals surface area contributed by atoms with Crippen molar-refractivity contribution >= 4 is 28.6 Å². The van der Waals surface area contributed by atoms with Crippen molar-refractivity contribution in [3.05, 3.63) is 30.5 Å². The molecule has 11 nitrogen and oxygen atoms in total. The number of hydrogen-bond acceptors (Lipinski definition) is 9. The maximum Gasteiger partial charge on any atom is 0.411 e. The number of hydrogen-bond donors (Lipinski definition) is 2. The number of amides is 1. The van der Waals surface area contributed by atoms with Gasteiger partial charge in [-0.3, -0.25) is 5.32 Å². The number of carbonyl (C=O) groups excluding carboxylic acids is 1. The average molecular weight is 482 g/mol. The van der Waals surface area contributed by atoms with Gasteiger partial charge in [0, 0.05) is 30.9 Å². The zero-order valence-electron chi connectivity index (χ0n) is 20.1. The molecule has 2 N–H and O–H groups in total. The second kappa shape index (κ2) is 10.1. The first-order valence-corrected chi connectivity index (χ1v) is 11.9. The number of aliphatic hydroxyl groups is 1. The molecular weight excluding hydrogens is 450 g/mol. The van der Waals surface area contributed by atoms with Crippen LogP contribution in [0, 0.1) is 0 Å². The Bertz CT molecular complexity index is 1170. The maximum absolute atomic E-state index is 11.8. The van der Waals surface area contributed by atoms with Gasteiger partial charge in [0.2, 0.25) is 0 Å². The molecule has 0 aliphatic carbocycles. The Morgan fingerprint density at radius 3 is 2.63 bits per heavy atom. The molecule has 1 aromatic carbocycles. The molecule has 35 heavy (non-hydrogen) atoms. The number of benzene rings is 1. The third-order valence-corrected chi connectivity index (χ3v) is 6.29. The van der Waals surface area contributed by atoms with E-state index in [-0.39, 0.29) is 25.4 Å². The minimum Gasteiger partial charge on any atom is -0.447 e.